The molecule has 27 heavy (non-hydrogen) atoms. The van der Waals surface area contributed by atoms with Gasteiger partial charge >= 0.3 is 0 Å². The van der Waals surface area contributed by atoms with Gasteiger partial charge < -0.3 is 9.47 Å². The van der Waals surface area contributed by atoms with Crippen LogP contribution in [0, 0.1) is 5.92 Å². The molecular formula is C22H24F2O3. The molecule has 0 bridgehead atoms. The highest BCUT2D eigenvalue weighted by atomic mass is 19.3. The summed E-state index contributed by atoms with van der Waals surface area (Å²) in [6.07, 6.45) is 1.02. The van der Waals surface area contributed by atoms with Crippen molar-refractivity contribution in [3.63, 3.8) is 0 Å². The van der Waals surface area contributed by atoms with Crippen LogP contribution >= 0.6 is 0 Å². The fourth-order valence-electron chi connectivity index (χ4n) is 2.96. The molecule has 0 aliphatic heterocycles. The van der Waals surface area contributed by atoms with Crippen molar-refractivity contribution < 1.29 is 23.0 Å². The van der Waals surface area contributed by atoms with E-state index in [-0.39, 0.29) is 5.92 Å². The summed E-state index contributed by atoms with van der Waals surface area (Å²) in [5.41, 5.74) is 4.35. The Hall–Kier alpha value is -2.53. The molecule has 0 aliphatic rings. The van der Waals surface area contributed by atoms with Gasteiger partial charge in [-0.1, -0.05) is 48.5 Å². The van der Waals surface area contributed by atoms with Gasteiger partial charge in [-0.25, -0.2) is 0 Å². The lowest BCUT2D eigenvalue weighted by atomic mass is 9.97. The summed E-state index contributed by atoms with van der Waals surface area (Å²) in [6, 6.07) is 16.2. The minimum absolute atomic E-state index is 0.119. The molecule has 0 heterocycles. The zero-order chi connectivity index (χ0) is 19.5. The zero-order valence-corrected chi connectivity index (χ0v) is 15.4. The number of methoxy groups -OCH3 is 1. The predicted octanol–water partition coefficient (Wildman–Crippen LogP) is 5.04. The van der Waals surface area contributed by atoms with Crippen molar-refractivity contribution in [2.75, 3.05) is 20.3 Å². The second-order valence-corrected chi connectivity index (χ2v) is 6.38. The average Bonchev–Trinajstić information content (AvgIpc) is 2.67. The maximum Gasteiger partial charge on any atom is 0.293 e. The molecule has 0 aromatic heterocycles. The van der Waals surface area contributed by atoms with Crippen LogP contribution in [0.15, 0.2) is 60.7 Å². The Kier molecular flexibility index (Phi) is 8.65. The summed E-state index contributed by atoms with van der Waals surface area (Å²) >= 11 is 0. The number of aryl methyl sites for hydroxylation is 1. The average molecular weight is 374 g/mol. The van der Waals surface area contributed by atoms with E-state index in [2.05, 4.69) is 24.3 Å². The molecule has 144 valence electrons. The van der Waals surface area contributed by atoms with Crippen molar-refractivity contribution in [1.82, 2.24) is 0 Å². The topological polar surface area (TPSA) is 35.5 Å². The monoisotopic (exact) mass is 374 g/mol. The Bertz CT molecular complexity index is 720. The summed E-state index contributed by atoms with van der Waals surface area (Å²) in [5.74, 6) is 0.119. The number of hydrogen-bond acceptors (Lipinski definition) is 3. The summed E-state index contributed by atoms with van der Waals surface area (Å²) < 4.78 is 34.2. The molecule has 5 heteroatoms. The molecule has 2 aromatic rings. The summed E-state index contributed by atoms with van der Waals surface area (Å²) in [5, 5.41) is 0. The van der Waals surface area contributed by atoms with Gasteiger partial charge in [-0.2, -0.15) is 8.78 Å². The summed E-state index contributed by atoms with van der Waals surface area (Å²) in [6.45, 7) is 1.32. The third-order valence-corrected chi connectivity index (χ3v) is 4.30. The maximum absolute atomic E-state index is 12.1. The van der Waals surface area contributed by atoms with Crippen molar-refractivity contribution in [1.29, 1.82) is 0 Å². The van der Waals surface area contributed by atoms with Crippen LogP contribution < -0.4 is 0 Å². The zero-order valence-electron chi connectivity index (χ0n) is 15.4. The summed E-state index contributed by atoms with van der Waals surface area (Å²) in [7, 11) is 1.63. The van der Waals surface area contributed by atoms with Crippen molar-refractivity contribution in [2.45, 2.75) is 19.3 Å². The molecule has 2 aromatic carbocycles. The highest BCUT2D eigenvalue weighted by molar-refractivity contribution is 5.64. The molecule has 2 rings (SSSR count). The summed E-state index contributed by atoms with van der Waals surface area (Å²) in [4.78, 5) is 10.4. The lowest BCUT2D eigenvalue weighted by molar-refractivity contribution is -0.130. The van der Waals surface area contributed by atoms with Gasteiger partial charge in [0.25, 0.3) is 12.6 Å². The van der Waals surface area contributed by atoms with Gasteiger partial charge in [0.2, 0.25) is 0 Å². The quantitative estimate of drug-likeness (QED) is 0.517. The van der Waals surface area contributed by atoms with E-state index in [1.807, 2.05) is 24.3 Å². The van der Waals surface area contributed by atoms with Crippen molar-refractivity contribution >= 4 is 6.47 Å². The molecular weight excluding hydrogens is 350 g/mol. The Labute approximate surface area is 158 Å². The van der Waals surface area contributed by atoms with Gasteiger partial charge in [-0.15, -0.1) is 0 Å². The molecule has 0 spiro atoms. The second kappa shape index (κ2) is 11.2. The van der Waals surface area contributed by atoms with Gasteiger partial charge in [0.1, 0.15) is 0 Å². The van der Waals surface area contributed by atoms with E-state index in [0.717, 1.165) is 34.8 Å². The first-order chi connectivity index (χ1) is 13.1. The largest absolute Gasteiger partial charge is 0.467 e. The Morgan fingerprint density at radius 2 is 1.56 bits per heavy atom. The fraction of sp³-hybridized carbons (Fsp3) is 0.318. The van der Waals surface area contributed by atoms with Crippen molar-refractivity contribution in [3.05, 3.63) is 71.8 Å². The van der Waals surface area contributed by atoms with Crippen LogP contribution in [0.2, 0.25) is 0 Å². The third-order valence-electron chi connectivity index (χ3n) is 4.30. The molecule has 3 nitrogen and oxygen atoms in total. The lowest BCUT2D eigenvalue weighted by Gasteiger charge is -2.15. The van der Waals surface area contributed by atoms with Crippen LogP contribution in [-0.2, 0) is 27.1 Å². The number of halogens is 2. The van der Waals surface area contributed by atoms with Crippen LogP contribution in [-0.4, -0.2) is 26.8 Å². The first-order valence-corrected chi connectivity index (χ1v) is 8.86. The first-order valence-electron chi connectivity index (χ1n) is 8.86. The predicted molar refractivity (Wildman–Crippen MR) is 102 cm³/mol. The molecule has 0 aliphatic carbocycles. The van der Waals surface area contributed by atoms with E-state index in [1.54, 1.807) is 7.11 Å². The van der Waals surface area contributed by atoms with Gasteiger partial charge in [0.05, 0.1) is 13.2 Å². The van der Waals surface area contributed by atoms with E-state index >= 15 is 0 Å². The van der Waals surface area contributed by atoms with Crippen molar-refractivity contribution in [3.8, 4) is 11.1 Å². The van der Waals surface area contributed by atoms with E-state index in [9.17, 15) is 13.6 Å². The first kappa shape index (κ1) is 20.8. The fourth-order valence-corrected chi connectivity index (χ4v) is 2.96. The highest BCUT2D eigenvalue weighted by Crippen LogP contribution is 2.22. The number of carbonyl (C=O) groups is 1. The molecule has 1 atom stereocenters. The molecule has 1 unspecified atom stereocenters. The SMILES string of the molecule is COCC(COC=O)Cc1ccc(-c2ccc(CCC=C(F)F)cc2)cc1. The van der Waals surface area contributed by atoms with Crippen LogP contribution in [0.3, 0.4) is 0 Å². The molecule has 0 saturated heterocycles. The van der Waals surface area contributed by atoms with Crippen LogP contribution in [0.1, 0.15) is 17.5 Å². The van der Waals surface area contributed by atoms with E-state index in [0.29, 0.717) is 32.5 Å². The smallest absolute Gasteiger partial charge is 0.293 e. The molecule has 0 fully saturated rings. The standard InChI is InChI=1S/C22H24F2O3/c1-26-14-19(15-27-16-25)13-18-7-11-21(12-8-18)20-9-5-17(6-10-20)3-2-4-22(23)24/h4-12,16,19H,2-3,13-15H2,1H3. The minimum atomic E-state index is -1.63. The molecule has 0 saturated carbocycles. The number of ether oxygens (including phenoxy) is 2. The van der Waals surface area contributed by atoms with Gasteiger partial charge in [-0.05, 0) is 47.6 Å². The van der Waals surface area contributed by atoms with Gasteiger partial charge in [-0.3, -0.25) is 4.79 Å². The molecule has 0 N–H and O–H groups in total. The number of allylic oxidation sites excluding steroid dienone is 1. The molecule has 0 radical (unpaired) electrons. The second-order valence-electron chi connectivity index (χ2n) is 6.38. The van der Waals surface area contributed by atoms with E-state index in [4.69, 9.17) is 9.47 Å². The van der Waals surface area contributed by atoms with E-state index in [1.165, 1.54) is 0 Å². The lowest BCUT2D eigenvalue weighted by Crippen LogP contribution is -2.17. The molecule has 0 amide bonds. The van der Waals surface area contributed by atoms with Crippen LogP contribution in [0.4, 0.5) is 8.78 Å². The van der Waals surface area contributed by atoms with Crippen molar-refractivity contribution in [2.24, 2.45) is 5.92 Å². The third kappa shape index (κ3) is 7.31. The highest BCUT2D eigenvalue weighted by Gasteiger charge is 2.10. The Morgan fingerprint density at radius 1 is 0.963 bits per heavy atom. The Balaban J connectivity index is 1.97. The van der Waals surface area contributed by atoms with Gasteiger partial charge in [0, 0.05) is 13.0 Å². The minimum Gasteiger partial charge on any atom is -0.467 e. The number of carbonyl (C=O) groups excluding carboxylic acids is 1. The number of benzene rings is 2. The van der Waals surface area contributed by atoms with Gasteiger partial charge in [0.15, 0.2) is 0 Å². The Morgan fingerprint density at radius 3 is 2.07 bits per heavy atom. The van der Waals surface area contributed by atoms with Crippen LogP contribution in [0.25, 0.3) is 11.1 Å². The normalized spacial score (nSPS) is 11.7. The number of hydrogen-bond donors (Lipinski definition) is 0. The van der Waals surface area contributed by atoms with Crippen LogP contribution in [0.5, 0.6) is 0 Å². The van der Waals surface area contributed by atoms with E-state index < -0.39 is 6.08 Å². The number of rotatable bonds is 11. The maximum atomic E-state index is 12.1.